The van der Waals surface area contributed by atoms with Gasteiger partial charge in [0.2, 0.25) is 0 Å². The largest absolute Gasteiger partial charge is 0.333 e. The molecule has 2 N–H and O–H groups in total. The molecule has 29 heavy (non-hydrogen) atoms. The number of fused-ring (bicyclic) bond motifs is 3. The van der Waals surface area contributed by atoms with Gasteiger partial charge in [0, 0.05) is 28.8 Å². The Balaban J connectivity index is 1.47. The summed E-state index contributed by atoms with van der Waals surface area (Å²) in [6.07, 6.45) is 3.98. The number of hydrogen-bond acceptors (Lipinski definition) is 3. The van der Waals surface area contributed by atoms with Crippen molar-refractivity contribution in [3.63, 3.8) is 0 Å². The molecule has 0 fully saturated rings. The fraction of sp³-hybridized carbons (Fsp3) is 0.261. The van der Waals surface area contributed by atoms with Crippen LogP contribution in [0.5, 0.6) is 0 Å². The van der Waals surface area contributed by atoms with Crippen molar-refractivity contribution in [3.05, 3.63) is 72.2 Å². The lowest BCUT2D eigenvalue weighted by atomic mass is 9.96. The van der Waals surface area contributed by atoms with E-state index in [1.807, 2.05) is 39.1 Å². The fourth-order valence-electron chi connectivity index (χ4n) is 3.68. The van der Waals surface area contributed by atoms with Gasteiger partial charge in [-0.25, -0.2) is 9.78 Å². The second-order valence-electron chi connectivity index (χ2n) is 8.32. The number of hydrogen-bond donors (Lipinski definition) is 2. The summed E-state index contributed by atoms with van der Waals surface area (Å²) < 4.78 is 2.06. The maximum absolute atomic E-state index is 12.9. The molecule has 6 heteroatoms. The summed E-state index contributed by atoms with van der Waals surface area (Å²) in [4.78, 5) is 29.2. The average Bonchev–Trinajstić information content (AvgIpc) is 3.23. The quantitative estimate of drug-likeness (QED) is 0.639. The van der Waals surface area contributed by atoms with Gasteiger partial charge in [0.05, 0.1) is 24.3 Å². The van der Waals surface area contributed by atoms with Crippen LogP contribution in [0.3, 0.4) is 0 Å². The number of ketones is 1. The van der Waals surface area contributed by atoms with Crippen LogP contribution in [-0.2, 0) is 0 Å². The van der Waals surface area contributed by atoms with E-state index in [2.05, 4.69) is 32.3 Å². The van der Waals surface area contributed by atoms with Crippen LogP contribution in [0.15, 0.2) is 61.1 Å². The van der Waals surface area contributed by atoms with Crippen molar-refractivity contribution in [1.82, 2.24) is 14.9 Å². The smallest absolute Gasteiger partial charge is 0.319 e. The Morgan fingerprint density at radius 3 is 2.52 bits per heavy atom. The molecule has 1 aliphatic heterocycles. The normalized spacial score (nSPS) is 14.8. The number of Topliss-reactive ketones (excluding diaryl/α,β-unsaturated/α-hetero) is 1. The van der Waals surface area contributed by atoms with E-state index >= 15 is 0 Å². The number of carbonyl (C=O) groups excluding carboxylic acids is 2. The van der Waals surface area contributed by atoms with Crippen LogP contribution in [0.4, 0.5) is 10.5 Å². The summed E-state index contributed by atoms with van der Waals surface area (Å²) in [6, 6.07) is 14.8. The van der Waals surface area contributed by atoms with Crippen molar-refractivity contribution < 1.29 is 9.59 Å². The highest BCUT2D eigenvalue weighted by Crippen LogP contribution is 2.41. The summed E-state index contributed by atoms with van der Waals surface area (Å²) in [6.45, 7) is 5.75. The van der Waals surface area contributed by atoms with Crippen molar-refractivity contribution in [3.8, 4) is 11.3 Å². The van der Waals surface area contributed by atoms with Crippen LogP contribution in [0.1, 0.15) is 49.2 Å². The Kier molecular flexibility index (Phi) is 4.70. The van der Waals surface area contributed by atoms with E-state index in [9.17, 15) is 9.59 Å². The standard InChI is InChI=1S/C23H24N4O2/c1-23(2,3)26-22(29)25-16-10-8-15(9-11-16)21(28)12-19-17-6-4-5-7-18(17)20-13-24-14-27(19)20/h4-11,13-14,19H,12H2,1-3H3,(H2,25,26,29). The molecule has 0 spiro atoms. The zero-order valence-electron chi connectivity index (χ0n) is 16.8. The molecule has 2 heterocycles. The minimum Gasteiger partial charge on any atom is -0.333 e. The lowest BCUT2D eigenvalue weighted by molar-refractivity contribution is 0.0970. The Labute approximate surface area is 170 Å². The number of benzene rings is 2. The number of amides is 2. The van der Waals surface area contributed by atoms with E-state index in [1.165, 1.54) is 0 Å². The van der Waals surface area contributed by atoms with Crippen molar-refractivity contribution in [2.45, 2.75) is 38.8 Å². The molecule has 6 nitrogen and oxygen atoms in total. The molecule has 0 bridgehead atoms. The van der Waals surface area contributed by atoms with Crippen molar-refractivity contribution in [1.29, 1.82) is 0 Å². The predicted octanol–water partition coefficient (Wildman–Crippen LogP) is 4.65. The summed E-state index contributed by atoms with van der Waals surface area (Å²) in [7, 11) is 0. The van der Waals surface area contributed by atoms with Gasteiger partial charge in [-0.1, -0.05) is 24.3 Å². The molecule has 1 aromatic heterocycles. The Bertz CT molecular complexity index is 1060. The third kappa shape index (κ3) is 3.92. The predicted molar refractivity (Wildman–Crippen MR) is 113 cm³/mol. The molecule has 4 rings (SSSR count). The van der Waals surface area contributed by atoms with E-state index in [1.54, 1.807) is 30.6 Å². The zero-order chi connectivity index (χ0) is 20.6. The minimum atomic E-state index is -0.316. The number of nitrogens with one attached hydrogen (secondary N) is 2. The SMILES string of the molecule is CC(C)(C)NC(=O)Nc1ccc(C(=O)CC2c3ccccc3-c3cncn32)cc1. The van der Waals surface area contributed by atoms with Gasteiger partial charge in [-0.2, -0.15) is 0 Å². The molecule has 148 valence electrons. The Morgan fingerprint density at radius 2 is 1.79 bits per heavy atom. The first-order valence-corrected chi connectivity index (χ1v) is 9.65. The number of rotatable bonds is 4. The molecule has 3 aromatic rings. The maximum Gasteiger partial charge on any atom is 0.319 e. The molecular formula is C23H24N4O2. The second kappa shape index (κ2) is 7.20. The third-order valence-corrected chi connectivity index (χ3v) is 4.93. The molecule has 1 aliphatic rings. The molecule has 1 unspecified atom stereocenters. The highest BCUT2D eigenvalue weighted by atomic mass is 16.2. The van der Waals surface area contributed by atoms with Crippen LogP contribution in [-0.4, -0.2) is 26.9 Å². The Morgan fingerprint density at radius 1 is 1.07 bits per heavy atom. The topological polar surface area (TPSA) is 76.0 Å². The number of urea groups is 1. The number of nitrogens with zero attached hydrogens (tertiary/aromatic N) is 2. The first kappa shape index (κ1) is 18.9. The maximum atomic E-state index is 12.9. The third-order valence-electron chi connectivity index (χ3n) is 4.93. The number of carbonyl (C=O) groups is 2. The molecule has 0 aliphatic carbocycles. The zero-order valence-corrected chi connectivity index (χ0v) is 16.8. The highest BCUT2D eigenvalue weighted by Gasteiger charge is 2.29. The van der Waals surface area contributed by atoms with Crippen LogP contribution in [0.2, 0.25) is 0 Å². The van der Waals surface area contributed by atoms with E-state index in [0.717, 1.165) is 16.8 Å². The van der Waals surface area contributed by atoms with Crippen molar-refractivity contribution in [2.24, 2.45) is 0 Å². The number of imidazole rings is 1. The van der Waals surface area contributed by atoms with E-state index in [0.29, 0.717) is 17.7 Å². The molecular weight excluding hydrogens is 364 g/mol. The van der Waals surface area contributed by atoms with Gasteiger partial charge in [0.1, 0.15) is 0 Å². The first-order chi connectivity index (χ1) is 13.8. The first-order valence-electron chi connectivity index (χ1n) is 9.65. The van der Waals surface area contributed by atoms with Gasteiger partial charge in [-0.05, 0) is 50.6 Å². The average molecular weight is 388 g/mol. The summed E-state index contributed by atoms with van der Waals surface area (Å²) in [5.41, 5.74) is 4.28. The monoisotopic (exact) mass is 388 g/mol. The van der Waals surface area contributed by atoms with E-state index < -0.39 is 0 Å². The van der Waals surface area contributed by atoms with Gasteiger partial charge in [-0.15, -0.1) is 0 Å². The fourth-order valence-corrected chi connectivity index (χ4v) is 3.68. The van der Waals surface area contributed by atoms with Crippen LogP contribution >= 0.6 is 0 Å². The molecule has 0 radical (unpaired) electrons. The molecule has 1 atom stereocenters. The summed E-state index contributed by atoms with van der Waals surface area (Å²) >= 11 is 0. The van der Waals surface area contributed by atoms with Crippen molar-refractivity contribution >= 4 is 17.5 Å². The van der Waals surface area contributed by atoms with E-state index in [4.69, 9.17) is 0 Å². The van der Waals surface area contributed by atoms with Gasteiger partial charge >= 0.3 is 6.03 Å². The van der Waals surface area contributed by atoms with Gasteiger partial charge in [-0.3, -0.25) is 4.79 Å². The van der Waals surface area contributed by atoms with Crippen LogP contribution in [0, 0.1) is 0 Å². The summed E-state index contributed by atoms with van der Waals surface area (Å²) in [5, 5.41) is 5.63. The Hall–Kier alpha value is -3.41. The molecule has 2 aromatic carbocycles. The second-order valence-corrected chi connectivity index (χ2v) is 8.32. The van der Waals surface area contributed by atoms with Crippen LogP contribution < -0.4 is 10.6 Å². The van der Waals surface area contributed by atoms with Gasteiger partial charge in [0.25, 0.3) is 0 Å². The van der Waals surface area contributed by atoms with E-state index in [-0.39, 0.29) is 23.4 Å². The molecule has 0 saturated carbocycles. The van der Waals surface area contributed by atoms with Crippen molar-refractivity contribution in [2.75, 3.05) is 5.32 Å². The van der Waals surface area contributed by atoms with Gasteiger partial charge < -0.3 is 15.2 Å². The number of anilines is 1. The van der Waals surface area contributed by atoms with Gasteiger partial charge in [0.15, 0.2) is 5.78 Å². The number of aromatic nitrogens is 2. The summed E-state index contributed by atoms with van der Waals surface area (Å²) in [5.74, 6) is 0.0528. The van der Waals surface area contributed by atoms with Crippen LogP contribution in [0.25, 0.3) is 11.3 Å². The minimum absolute atomic E-state index is 0.0495. The lowest BCUT2D eigenvalue weighted by Crippen LogP contribution is -2.43. The highest BCUT2D eigenvalue weighted by molar-refractivity contribution is 5.98. The molecule has 0 saturated heterocycles. The lowest BCUT2D eigenvalue weighted by Gasteiger charge is -2.20. The molecule has 2 amide bonds.